The minimum Gasteiger partial charge on any atom is -0.354 e. The number of aryl methyl sites for hydroxylation is 2. The zero-order chi connectivity index (χ0) is 17.6. The number of aromatic nitrogens is 2. The monoisotopic (exact) mass is 352 g/mol. The van der Waals surface area contributed by atoms with E-state index < -0.39 is 0 Å². The molecule has 0 aliphatic rings. The average Bonchev–Trinajstić information content (AvgIpc) is 2.59. The molecule has 0 aliphatic carbocycles. The van der Waals surface area contributed by atoms with Gasteiger partial charge in [-0.3, -0.25) is 0 Å². The summed E-state index contributed by atoms with van der Waals surface area (Å²) in [6, 6.07) is 16.0. The Morgan fingerprint density at radius 3 is 2.68 bits per heavy atom. The SMILES string of the molecule is Cc1ccc(Nc2ccnc(NCCc3cccc(Cl)c3)n2)cc1C. The standard InChI is InChI=1S/C20H21ClN4/c1-14-6-7-18(12-15(14)2)24-19-9-11-23-20(25-19)22-10-8-16-4-3-5-17(21)13-16/h3-7,9,11-13H,8,10H2,1-2H3,(H2,22,23,24,25). The smallest absolute Gasteiger partial charge is 0.224 e. The number of benzene rings is 2. The zero-order valence-corrected chi connectivity index (χ0v) is 15.1. The summed E-state index contributed by atoms with van der Waals surface area (Å²) in [6.45, 7) is 4.95. The minimum atomic E-state index is 0.607. The van der Waals surface area contributed by atoms with Gasteiger partial charge in [0.15, 0.2) is 0 Å². The number of halogens is 1. The summed E-state index contributed by atoms with van der Waals surface area (Å²) >= 11 is 6.01. The van der Waals surface area contributed by atoms with Crippen molar-refractivity contribution >= 4 is 29.1 Å². The maximum Gasteiger partial charge on any atom is 0.224 e. The molecule has 3 aromatic rings. The molecule has 0 fully saturated rings. The van der Waals surface area contributed by atoms with E-state index in [1.807, 2.05) is 24.3 Å². The third-order valence-corrected chi connectivity index (χ3v) is 4.26. The van der Waals surface area contributed by atoms with E-state index in [9.17, 15) is 0 Å². The van der Waals surface area contributed by atoms with Gasteiger partial charge in [0.1, 0.15) is 5.82 Å². The van der Waals surface area contributed by atoms with Crippen LogP contribution < -0.4 is 10.6 Å². The van der Waals surface area contributed by atoms with Crippen molar-refractivity contribution in [2.45, 2.75) is 20.3 Å². The largest absolute Gasteiger partial charge is 0.354 e. The highest BCUT2D eigenvalue weighted by Gasteiger charge is 2.02. The first-order chi connectivity index (χ1) is 12.1. The lowest BCUT2D eigenvalue weighted by molar-refractivity contribution is 0.985. The summed E-state index contributed by atoms with van der Waals surface area (Å²) in [4.78, 5) is 8.78. The lowest BCUT2D eigenvalue weighted by atomic mass is 10.1. The molecule has 0 amide bonds. The molecule has 128 valence electrons. The summed E-state index contributed by atoms with van der Waals surface area (Å²) in [5, 5.41) is 7.33. The molecule has 0 atom stereocenters. The van der Waals surface area contributed by atoms with Crippen LogP contribution in [0.2, 0.25) is 5.02 Å². The van der Waals surface area contributed by atoms with Crippen LogP contribution in [0.5, 0.6) is 0 Å². The van der Waals surface area contributed by atoms with Crippen LogP contribution in [0, 0.1) is 13.8 Å². The second-order valence-electron chi connectivity index (χ2n) is 6.00. The van der Waals surface area contributed by atoms with Gasteiger partial charge in [0, 0.05) is 23.5 Å². The van der Waals surface area contributed by atoms with E-state index in [1.54, 1.807) is 6.20 Å². The molecule has 0 saturated carbocycles. The highest BCUT2D eigenvalue weighted by Crippen LogP contribution is 2.18. The second-order valence-corrected chi connectivity index (χ2v) is 6.43. The average molecular weight is 353 g/mol. The van der Waals surface area contributed by atoms with Crippen LogP contribution in [-0.4, -0.2) is 16.5 Å². The van der Waals surface area contributed by atoms with Gasteiger partial charge in [-0.1, -0.05) is 29.8 Å². The molecule has 3 rings (SSSR count). The molecule has 2 N–H and O–H groups in total. The molecule has 0 unspecified atom stereocenters. The van der Waals surface area contributed by atoms with E-state index >= 15 is 0 Å². The fourth-order valence-electron chi connectivity index (χ4n) is 2.49. The van der Waals surface area contributed by atoms with Gasteiger partial charge in [0.2, 0.25) is 5.95 Å². The number of anilines is 3. The fourth-order valence-corrected chi connectivity index (χ4v) is 2.70. The number of nitrogens with zero attached hydrogens (tertiary/aromatic N) is 2. The van der Waals surface area contributed by atoms with Gasteiger partial charge in [-0.15, -0.1) is 0 Å². The van der Waals surface area contributed by atoms with E-state index in [2.05, 4.69) is 58.7 Å². The number of hydrogen-bond acceptors (Lipinski definition) is 4. The first-order valence-corrected chi connectivity index (χ1v) is 8.63. The molecule has 0 aliphatic heterocycles. The fraction of sp³-hybridized carbons (Fsp3) is 0.200. The molecule has 4 nitrogen and oxygen atoms in total. The summed E-state index contributed by atoms with van der Waals surface area (Å²) in [5.74, 6) is 1.37. The molecule has 0 radical (unpaired) electrons. The normalized spacial score (nSPS) is 10.5. The van der Waals surface area contributed by atoms with Gasteiger partial charge in [-0.05, 0) is 67.3 Å². The first-order valence-electron chi connectivity index (χ1n) is 8.26. The molecule has 2 aromatic carbocycles. The van der Waals surface area contributed by atoms with Crippen LogP contribution in [-0.2, 0) is 6.42 Å². The second kappa shape index (κ2) is 7.99. The van der Waals surface area contributed by atoms with E-state index in [0.717, 1.165) is 29.5 Å². The Balaban J connectivity index is 1.60. The van der Waals surface area contributed by atoms with Crippen LogP contribution in [0.25, 0.3) is 0 Å². The van der Waals surface area contributed by atoms with Crippen molar-refractivity contribution in [3.8, 4) is 0 Å². The van der Waals surface area contributed by atoms with Crippen LogP contribution in [0.3, 0.4) is 0 Å². The molecule has 25 heavy (non-hydrogen) atoms. The molecular formula is C20H21ClN4. The number of nitrogens with one attached hydrogen (secondary N) is 2. The number of rotatable bonds is 6. The van der Waals surface area contributed by atoms with Crippen molar-refractivity contribution in [2.75, 3.05) is 17.2 Å². The molecule has 0 bridgehead atoms. The van der Waals surface area contributed by atoms with Gasteiger partial charge in [0.25, 0.3) is 0 Å². The Kier molecular flexibility index (Phi) is 5.51. The van der Waals surface area contributed by atoms with Gasteiger partial charge >= 0.3 is 0 Å². The maximum absolute atomic E-state index is 6.01. The molecule has 1 aromatic heterocycles. The minimum absolute atomic E-state index is 0.607. The lowest BCUT2D eigenvalue weighted by Gasteiger charge is -2.10. The summed E-state index contributed by atoms with van der Waals surface area (Å²) in [5.41, 5.74) is 4.73. The Morgan fingerprint density at radius 2 is 1.88 bits per heavy atom. The van der Waals surface area contributed by atoms with Crippen LogP contribution in [0.4, 0.5) is 17.5 Å². The number of hydrogen-bond donors (Lipinski definition) is 2. The lowest BCUT2D eigenvalue weighted by Crippen LogP contribution is -2.08. The van der Waals surface area contributed by atoms with Gasteiger partial charge in [0.05, 0.1) is 0 Å². The Hall–Kier alpha value is -2.59. The van der Waals surface area contributed by atoms with E-state index in [1.165, 1.54) is 16.7 Å². The van der Waals surface area contributed by atoms with Gasteiger partial charge < -0.3 is 10.6 Å². The van der Waals surface area contributed by atoms with Crippen molar-refractivity contribution in [1.82, 2.24) is 9.97 Å². The topological polar surface area (TPSA) is 49.8 Å². The predicted molar refractivity (Wildman–Crippen MR) is 105 cm³/mol. The summed E-state index contributed by atoms with van der Waals surface area (Å²) in [6.07, 6.45) is 2.61. The van der Waals surface area contributed by atoms with Crippen LogP contribution >= 0.6 is 11.6 Å². The highest BCUT2D eigenvalue weighted by molar-refractivity contribution is 6.30. The Morgan fingerprint density at radius 1 is 1.00 bits per heavy atom. The van der Waals surface area contributed by atoms with E-state index in [0.29, 0.717) is 5.95 Å². The van der Waals surface area contributed by atoms with E-state index in [4.69, 9.17) is 11.6 Å². The van der Waals surface area contributed by atoms with Crippen molar-refractivity contribution in [1.29, 1.82) is 0 Å². The van der Waals surface area contributed by atoms with Crippen molar-refractivity contribution in [2.24, 2.45) is 0 Å². The Bertz CT molecular complexity index is 864. The predicted octanol–water partition coefficient (Wildman–Crippen LogP) is 5.15. The first kappa shape index (κ1) is 17.2. The van der Waals surface area contributed by atoms with Crippen molar-refractivity contribution < 1.29 is 0 Å². The Labute approximate surface area is 153 Å². The third kappa shape index (κ3) is 4.94. The van der Waals surface area contributed by atoms with Crippen LogP contribution in [0.15, 0.2) is 54.7 Å². The molecular weight excluding hydrogens is 332 g/mol. The molecule has 5 heteroatoms. The maximum atomic E-state index is 6.01. The molecule has 0 saturated heterocycles. The molecule has 0 spiro atoms. The summed E-state index contributed by atoms with van der Waals surface area (Å²) in [7, 11) is 0. The van der Waals surface area contributed by atoms with Gasteiger partial charge in [-0.2, -0.15) is 4.98 Å². The quantitative estimate of drug-likeness (QED) is 0.644. The zero-order valence-electron chi connectivity index (χ0n) is 14.4. The summed E-state index contributed by atoms with van der Waals surface area (Å²) < 4.78 is 0. The third-order valence-electron chi connectivity index (χ3n) is 4.02. The highest BCUT2D eigenvalue weighted by atomic mass is 35.5. The van der Waals surface area contributed by atoms with Crippen molar-refractivity contribution in [3.63, 3.8) is 0 Å². The molecule has 1 heterocycles. The van der Waals surface area contributed by atoms with E-state index in [-0.39, 0.29) is 0 Å². The van der Waals surface area contributed by atoms with Gasteiger partial charge in [-0.25, -0.2) is 4.98 Å². The van der Waals surface area contributed by atoms with Crippen LogP contribution in [0.1, 0.15) is 16.7 Å². The van der Waals surface area contributed by atoms with Crippen molar-refractivity contribution in [3.05, 3.63) is 76.4 Å².